The van der Waals surface area contributed by atoms with E-state index < -0.39 is 19.8 Å². The van der Waals surface area contributed by atoms with Crippen molar-refractivity contribution < 1.29 is 17.4 Å². The van der Waals surface area contributed by atoms with Gasteiger partial charge in [0.25, 0.3) is 10.0 Å². The fraction of sp³-hybridized carbons (Fsp3) is 0.435. The molecule has 160 valence electrons. The zero-order valence-corrected chi connectivity index (χ0v) is 19.1. The highest BCUT2D eigenvalue weighted by Crippen LogP contribution is 2.35. The quantitative estimate of drug-likeness (QED) is 0.681. The van der Waals surface area contributed by atoms with Gasteiger partial charge in [-0.1, -0.05) is 23.8 Å². The van der Waals surface area contributed by atoms with Crippen molar-refractivity contribution in [3.8, 4) is 0 Å². The van der Waals surface area contributed by atoms with E-state index in [9.17, 15) is 17.4 Å². The summed E-state index contributed by atoms with van der Waals surface area (Å²) >= 11 is 0. The van der Waals surface area contributed by atoms with Crippen LogP contribution in [0.4, 0.5) is 0 Å². The molecule has 0 radical (unpaired) electrons. The van der Waals surface area contributed by atoms with Crippen LogP contribution < -0.4 is 0 Å². The topological polar surface area (TPSA) is 80.6 Å². The SMILES string of the molecule is Cc1ccc(S(=O)(CC(=O)Cc2c3c(cc4c2CCC4)CCC3)=NS(C)(=O)=O)cc1. The first-order valence-electron chi connectivity index (χ1n) is 10.3. The second kappa shape index (κ2) is 7.93. The molecule has 2 aliphatic rings. The average Bonchev–Trinajstić information content (AvgIpc) is 3.29. The van der Waals surface area contributed by atoms with Gasteiger partial charge in [-0.15, -0.1) is 3.77 Å². The van der Waals surface area contributed by atoms with Gasteiger partial charge in [-0.05, 0) is 85.4 Å². The summed E-state index contributed by atoms with van der Waals surface area (Å²) in [6, 6.07) is 9.05. The molecule has 0 bridgehead atoms. The van der Waals surface area contributed by atoms with Crippen LogP contribution in [0.1, 0.15) is 46.2 Å². The number of rotatable bonds is 6. The number of carbonyl (C=O) groups excluding carboxylic acids is 1. The molecule has 2 aliphatic carbocycles. The lowest BCUT2D eigenvalue weighted by Gasteiger charge is -2.15. The number of ketones is 1. The molecule has 2 aromatic rings. The maximum atomic E-state index is 13.6. The fourth-order valence-corrected chi connectivity index (χ4v) is 8.31. The summed E-state index contributed by atoms with van der Waals surface area (Å²) in [4.78, 5) is 13.4. The van der Waals surface area contributed by atoms with E-state index in [-0.39, 0.29) is 22.9 Å². The molecular weight excluding hydrogens is 418 g/mol. The standard InChI is InChI=1S/C23H27NO4S2/c1-16-9-11-20(12-10-16)30(28,24-29(2,26)27)15-19(25)14-23-21-7-3-5-17(21)13-18-6-4-8-22(18)23/h9-13H,3-8,14-15H2,1-2H3. The molecule has 0 heterocycles. The van der Waals surface area contributed by atoms with Gasteiger partial charge in [0.05, 0.1) is 21.7 Å². The first-order chi connectivity index (χ1) is 14.1. The Morgan fingerprint density at radius 3 is 2.03 bits per heavy atom. The second-order valence-electron chi connectivity index (χ2n) is 8.46. The highest BCUT2D eigenvalue weighted by molar-refractivity contribution is 8.03. The van der Waals surface area contributed by atoms with Crippen molar-refractivity contribution in [1.82, 2.24) is 0 Å². The van der Waals surface area contributed by atoms with Crippen molar-refractivity contribution in [2.24, 2.45) is 3.77 Å². The number of benzene rings is 2. The molecule has 30 heavy (non-hydrogen) atoms. The molecule has 0 N–H and O–H groups in total. The Labute approximate surface area is 179 Å². The van der Waals surface area contributed by atoms with Crippen LogP contribution in [0, 0.1) is 6.92 Å². The van der Waals surface area contributed by atoms with E-state index in [4.69, 9.17) is 0 Å². The number of hydrogen-bond donors (Lipinski definition) is 0. The van der Waals surface area contributed by atoms with Crippen molar-refractivity contribution in [1.29, 1.82) is 0 Å². The predicted octanol–water partition coefficient (Wildman–Crippen LogP) is 3.57. The molecule has 1 atom stereocenters. The van der Waals surface area contributed by atoms with Gasteiger partial charge in [-0.25, -0.2) is 12.6 Å². The Kier molecular flexibility index (Phi) is 5.62. The van der Waals surface area contributed by atoms with Crippen LogP contribution in [0.3, 0.4) is 0 Å². The van der Waals surface area contributed by atoms with E-state index in [1.807, 2.05) is 6.92 Å². The van der Waals surface area contributed by atoms with Gasteiger partial charge in [0, 0.05) is 11.3 Å². The van der Waals surface area contributed by atoms with E-state index in [0.717, 1.165) is 55.9 Å². The van der Waals surface area contributed by atoms with Crippen LogP contribution in [0.2, 0.25) is 0 Å². The summed E-state index contributed by atoms with van der Waals surface area (Å²) in [5.41, 5.74) is 7.32. The molecule has 5 nitrogen and oxygen atoms in total. The monoisotopic (exact) mass is 445 g/mol. The van der Waals surface area contributed by atoms with Crippen LogP contribution >= 0.6 is 0 Å². The van der Waals surface area contributed by atoms with E-state index in [1.54, 1.807) is 24.3 Å². The van der Waals surface area contributed by atoms with Crippen molar-refractivity contribution >= 4 is 25.5 Å². The average molecular weight is 446 g/mol. The van der Waals surface area contributed by atoms with Crippen molar-refractivity contribution in [2.45, 2.75) is 56.8 Å². The predicted molar refractivity (Wildman–Crippen MR) is 119 cm³/mol. The largest absolute Gasteiger partial charge is 0.298 e. The first kappa shape index (κ1) is 21.2. The fourth-order valence-electron chi connectivity index (χ4n) is 4.74. The maximum absolute atomic E-state index is 13.6. The molecule has 0 aliphatic heterocycles. The highest BCUT2D eigenvalue weighted by atomic mass is 32.3. The summed E-state index contributed by atoms with van der Waals surface area (Å²) in [5, 5.41) is 0. The van der Waals surface area contributed by atoms with Gasteiger partial charge in [0.15, 0.2) is 5.78 Å². The molecular formula is C23H27NO4S2. The lowest BCUT2D eigenvalue weighted by molar-refractivity contribution is -0.116. The Morgan fingerprint density at radius 2 is 1.50 bits per heavy atom. The molecule has 0 aromatic heterocycles. The van der Waals surface area contributed by atoms with E-state index in [2.05, 4.69) is 9.83 Å². The van der Waals surface area contributed by atoms with Gasteiger partial charge in [0.1, 0.15) is 0 Å². The molecule has 1 unspecified atom stereocenters. The molecule has 4 rings (SSSR count). The number of fused-ring (bicyclic) bond motifs is 2. The molecule has 0 saturated heterocycles. The smallest absolute Gasteiger partial charge is 0.258 e. The molecule has 0 fully saturated rings. The van der Waals surface area contributed by atoms with Crippen LogP contribution in [0.5, 0.6) is 0 Å². The van der Waals surface area contributed by atoms with Gasteiger partial charge >= 0.3 is 0 Å². The number of carbonyl (C=O) groups is 1. The van der Waals surface area contributed by atoms with Crippen molar-refractivity contribution in [2.75, 3.05) is 12.0 Å². The van der Waals surface area contributed by atoms with E-state index >= 15 is 0 Å². The van der Waals surface area contributed by atoms with Crippen LogP contribution in [0.15, 0.2) is 39.0 Å². The third-order valence-electron chi connectivity index (χ3n) is 5.97. The minimum Gasteiger partial charge on any atom is -0.298 e. The second-order valence-corrected chi connectivity index (χ2v) is 12.6. The number of sulfonamides is 1. The Bertz CT molecular complexity index is 1200. The minimum atomic E-state index is -3.88. The van der Waals surface area contributed by atoms with Crippen LogP contribution in [-0.4, -0.2) is 30.4 Å². The summed E-state index contributed by atoms with van der Waals surface area (Å²) in [6.45, 7) is 1.89. The molecule has 0 saturated carbocycles. The van der Waals surface area contributed by atoms with Crippen LogP contribution in [-0.2, 0) is 56.7 Å². The van der Waals surface area contributed by atoms with E-state index in [0.29, 0.717) is 0 Å². The third kappa shape index (κ3) is 4.37. The van der Waals surface area contributed by atoms with Crippen molar-refractivity contribution in [3.05, 3.63) is 63.7 Å². The summed E-state index contributed by atoms with van der Waals surface area (Å²) < 4.78 is 41.0. The molecule has 0 amide bonds. The minimum absolute atomic E-state index is 0.202. The lowest BCUT2D eigenvalue weighted by Crippen LogP contribution is -2.20. The zero-order chi connectivity index (χ0) is 21.5. The van der Waals surface area contributed by atoms with Gasteiger partial charge in [-0.2, -0.15) is 0 Å². The molecule has 0 spiro atoms. The lowest BCUT2D eigenvalue weighted by atomic mass is 9.91. The Hall–Kier alpha value is -1.99. The number of nitrogens with zero attached hydrogens (tertiary/aromatic N) is 1. The molecule has 7 heteroatoms. The van der Waals surface area contributed by atoms with Gasteiger partial charge < -0.3 is 0 Å². The Balaban J connectivity index is 1.70. The van der Waals surface area contributed by atoms with Crippen molar-refractivity contribution in [3.63, 3.8) is 0 Å². The summed E-state index contributed by atoms with van der Waals surface area (Å²) in [5.74, 6) is -0.607. The van der Waals surface area contributed by atoms with E-state index in [1.165, 1.54) is 22.3 Å². The maximum Gasteiger partial charge on any atom is 0.258 e. The highest BCUT2D eigenvalue weighted by Gasteiger charge is 2.27. The van der Waals surface area contributed by atoms with Crippen LogP contribution in [0.25, 0.3) is 0 Å². The first-order valence-corrected chi connectivity index (χ1v) is 13.9. The number of aryl methyl sites for hydroxylation is 3. The summed E-state index contributed by atoms with van der Waals surface area (Å²) in [7, 11) is -7.28. The number of Topliss-reactive ketones (excluding diaryl/α,β-unsaturated/α-hetero) is 1. The zero-order valence-electron chi connectivity index (χ0n) is 17.4. The normalized spacial score (nSPS) is 17.3. The molecule has 2 aromatic carbocycles. The third-order valence-corrected chi connectivity index (χ3v) is 9.74. The number of hydrogen-bond acceptors (Lipinski definition) is 4. The van der Waals surface area contributed by atoms with Gasteiger partial charge in [0.2, 0.25) is 0 Å². The van der Waals surface area contributed by atoms with Gasteiger partial charge in [-0.3, -0.25) is 4.79 Å². The Morgan fingerprint density at radius 1 is 0.933 bits per heavy atom. The summed E-state index contributed by atoms with van der Waals surface area (Å²) in [6.07, 6.45) is 7.38.